The molecule has 27 heavy (non-hydrogen) atoms. The molecule has 1 fully saturated rings. The van der Waals surface area contributed by atoms with Crippen molar-refractivity contribution in [1.82, 2.24) is 15.5 Å². The Morgan fingerprint density at radius 2 is 1.89 bits per heavy atom. The maximum absolute atomic E-state index is 11.5. The zero-order valence-electron chi connectivity index (χ0n) is 16.7. The van der Waals surface area contributed by atoms with E-state index in [1.54, 1.807) is 12.1 Å². The Labute approximate surface area is 181 Å². The van der Waals surface area contributed by atoms with Gasteiger partial charge in [-0.15, -0.1) is 24.0 Å². The molecule has 8 heteroatoms. The summed E-state index contributed by atoms with van der Waals surface area (Å²) >= 11 is 0. The zero-order valence-corrected chi connectivity index (χ0v) is 19.9. The van der Waals surface area contributed by atoms with E-state index in [4.69, 9.17) is 4.99 Å². The number of aliphatic imine (C=N–C) groups is 1. The third-order valence-corrected chi connectivity index (χ3v) is 5.86. The molecule has 1 aliphatic rings. The molecule has 154 valence electrons. The Bertz CT molecular complexity index is 703. The summed E-state index contributed by atoms with van der Waals surface area (Å²) in [4.78, 5) is 7.47. The lowest BCUT2D eigenvalue weighted by Crippen LogP contribution is -2.40. The van der Waals surface area contributed by atoms with Gasteiger partial charge in [0, 0.05) is 31.4 Å². The summed E-state index contributed by atoms with van der Waals surface area (Å²) < 4.78 is 23.0. The van der Waals surface area contributed by atoms with Crippen molar-refractivity contribution >= 4 is 39.8 Å². The number of rotatable bonds is 9. The van der Waals surface area contributed by atoms with Crippen LogP contribution in [0.2, 0.25) is 0 Å². The molecule has 2 N–H and O–H groups in total. The molecule has 1 aromatic carbocycles. The van der Waals surface area contributed by atoms with Crippen LogP contribution < -0.4 is 10.6 Å². The number of halogens is 1. The number of hydrogen-bond donors (Lipinski definition) is 2. The van der Waals surface area contributed by atoms with Gasteiger partial charge in [0.05, 0.1) is 11.4 Å². The molecule has 6 nitrogen and oxygen atoms in total. The summed E-state index contributed by atoms with van der Waals surface area (Å²) in [6.07, 6.45) is 4.65. The first-order valence-electron chi connectivity index (χ1n) is 9.34. The van der Waals surface area contributed by atoms with E-state index in [1.165, 1.54) is 19.1 Å². The molecule has 0 amide bonds. The molecule has 0 bridgehead atoms. The molecule has 0 aliphatic heterocycles. The van der Waals surface area contributed by atoms with Gasteiger partial charge in [0.1, 0.15) is 0 Å². The lowest BCUT2D eigenvalue weighted by Gasteiger charge is -2.23. The van der Waals surface area contributed by atoms with Crippen molar-refractivity contribution in [2.45, 2.75) is 50.1 Å². The van der Waals surface area contributed by atoms with E-state index >= 15 is 0 Å². The predicted molar refractivity (Wildman–Crippen MR) is 123 cm³/mol. The van der Waals surface area contributed by atoms with E-state index < -0.39 is 9.84 Å². The fraction of sp³-hybridized carbons (Fsp3) is 0.632. The maximum Gasteiger partial charge on any atom is 0.191 e. The molecular weight excluding hydrogens is 475 g/mol. The summed E-state index contributed by atoms with van der Waals surface area (Å²) in [5.41, 5.74) is 1.10. The highest BCUT2D eigenvalue weighted by Crippen LogP contribution is 2.26. The van der Waals surface area contributed by atoms with Crippen molar-refractivity contribution in [3.8, 4) is 0 Å². The Balaban J connectivity index is 0.00000364. The number of hydrogen-bond acceptors (Lipinski definition) is 4. The third-order valence-electron chi connectivity index (χ3n) is 4.73. The normalized spacial score (nSPS) is 16.0. The highest BCUT2D eigenvalue weighted by molar-refractivity contribution is 14.0. The van der Waals surface area contributed by atoms with Crippen molar-refractivity contribution < 1.29 is 8.42 Å². The van der Waals surface area contributed by atoms with Crippen molar-refractivity contribution in [3.63, 3.8) is 0 Å². The molecule has 1 unspecified atom stereocenters. The molecule has 1 atom stereocenters. The van der Waals surface area contributed by atoms with E-state index in [9.17, 15) is 8.42 Å². The van der Waals surface area contributed by atoms with Gasteiger partial charge in [0.15, 0.2) is 15.8 Å². The maximum atomic E-state index is 11.5. The van der Waals surface area contributed by atoms with Gasteiger partial charge in [0.25, 0.3) is 0 Å². The fourth-order valence-electron chi connectivity index (χ4n) is 2.76. The Hall–Kier alpha value is -0.870. The molecular formula is C19H33IN4O2S. The smallest absolute Gasteiger partial charge is 0.191 e. The van der Waals surface area contributed by atoms with Gasteiger partial charge in [-0.1, -0.05) is 12.1 Å². The standard InChI is InChI=1S/C19H32N4O2S.HI/c1-5-20-19(22-14-15(2)23(3)17-8-9-17)21-13-12-16-6-10-18(11-7-16)26(4,24)25;/h6-7,10-11,15,17H,5,8-9,12-14H2,1-4H3,(H2,20,21,22);1H. The van der Waals surface area contributed by atoms with Crippen LogP contribution in [0.1, 0.15) is 32.3 Å². The number of nitrogens with zero attached hydrogens (tertiary/aromatic N) is 2. The molecule has 1 aromatic rings. The minimum Gasteiger partial charge on any atom is -0.357 e. The molecule has 1 saturated carbocycles. The van der Waals surface area contributed by atoms with Crippen molar-refractivity contribution in [2.24, 2.45) is 4.99 Å². The van der Waals surface area contributed by atoms with Gasteiger partial charge in [-0.3, -0.25) is 9.89 Å². The van der Waals surface area contributed by atoms with Crippen LogP contribution >= 0.6 is 24.0 Å². The minimum absolute atomic E-state index is 0. The average molecular weight is 508 g/mol. The minimum atomic E-state index is -3.13. The van der Waals surface area contributed by atoms with E-state index in [-0.39, 0.29) is 24.0 Å². The first-order valence-corrected chi connectivity index (χ1v) is 11.2. The number of benzene rings is 1. The van der Waals surface area contributed by atoms with Gasteiger partial charge < -0.3 is 10.6 Å². The van der Waals surface area contributed by atoms with Gasteiger partial charge in [0.2, 0.25) is 0 Å². The highest BCUT2D eigenvalue weighted by Gasteiger charge is 2.28. The van der Waals surface area contributed by atoms with Gasteiger partial charge >= 0.3 is 0 Å². The Morgan fingerprint density at radius 3 is 2.41 bits per heavy atom. The van der Waals surface area contributed by atoms with E-state index in [0.29, 0.717) is 10.9 Å². The van der Waals surface area contributed by atoms with Crippen LogP contribution in [-0.4, -0.2) is 64.3 Å². The topological polar surface area (TPSA) is 73.8 Å². The summed E-state index contributed by atoms with van der Waals surface area (Å²) in [5.74, 6) is 0.830. The fourth-order valence-corrected chi connectivity index (χ4v) is 3.39. The van der Waals surface area contributed by atoms with Crippen LogP contribution in [0.5, 0.6) is 0 Å². The average Bonchev–Trinajstić information content (AvgIpc) is 3.43. The first-order chi connectivity index (χ1) is 12.3. The second-order valence-electron chi connectivity index (χ2n) is 7.06. The largest absolute Gasteiger partial charge is 0.357 e. The van der Waals surface area contributed by atoms with Crippen LogP contribution in [0.3, 0.4) is 0 Å². The van der Waals surface area contributed by atoms with E-state index in [1.807, 2.05) is 12.1 Å². The molecule has 2 rings (SSSR count). The van der Waals surface area contributed by atoms with Gasteiger partial charge in [-0.25, -0.2) is 8.42 Å². The number of guanidine groups is 1. The van der Waals surface area contributed by atoms with Crippen LogP contribution in [-0.2, 0) is 16.3 Å². The lowest BCUT2D eigenvalue weighted by atomic mass is 10.1. The number of nitrogens with one attached hydrogen (secondary N) is 2. The van der Waals surface area contributed by atoms with Crippen molar-refractivity contribution in [3.05, 3.63) is 29.8 Å². The van der Waals surface area contributed by atoms with E-state index in [0.717, 1.165) is 43.6 Å². The molecule has 0 radical (unpaired) electrons. The van der Waals surface area contributed by atoms with E-state index in [2.05, 4.69) is 36.4 Å². The van der Waals surface area contributed by atoms with Crippen molar-refractivity contribution in [1.29, 1.82) is 0 Å². The first kappa shape index (κ1) is 24.2. The van der Waals surface area contributed by atoms with Gasteiger partial charge in [-0.2, -0.15) is 0 Å². The van der Waals surface area contributed by atoms with Crippen LogP contribution in [0.4, 0.5) is 0 Å². The summed E-state index contributed by atoms with van der Waals surface area (Å²) in [6, 6.07) is 8.25. The quantitative estimate of drug-likeness (QED) is 0.304. The Morgan fingerprint density at radius 1 is 1.26 bits per heavy atom. The van der Waals surface area contributed by atoms with Gasteiger partial charge in [-0.05, 0) is 57.9 Å². The SMILES string of the molecule is CCNC(=NCC(C)N(C)C1CC1)NCCc1ccc(S(C)(=O)=O)cc1.I. The molecule has 0 aromatic heterocycles. The van der Waals surface area contributed by atoms with Crippen LogP contribution in [0.25, 0.3) is 0 Å². The second-order valence-corrected chi connectivity index (χ2v) is 9.07. The summed E-state index contributed by atoms with van der Waals surface area (Å²) in [5, 5.41) is 6.63. The monoisotopic (exact) mass is 508 g/mol. The summed E-state index contributed by atoms with van der Waals surface area (Å²) in [6.45, 7) is 6.61. The molecule has 0 spiro atoms. The Kier molecular flexibility index (Phi) is 10.0. The molecule has 0 heterocycles. The lowest BCUT2D eigenvalue weighted by molar-refractivity contribution is 0.253. The number of sulfone groups is 1. The molecule has 1 aliphatic carbocycles. The summed E-state index contributed by atoms with van der Waals surface area (Å²) in [7, 11) is -0.955. The predicted octanol–water partition coefficient (Wildman–Crippen LogP) is 2.29. The highest BCUT2D eigenvalue weighted by atomic mass is 127. The third kappa shape index (κ3) is 8.35. The number of likely N-dealkylation sites (N-methyl/N-ethyl adjacent to an activating group) is 1. The molecule has 0 saturated heterocycles. The van der Waals surface area contributed by atoms with Crippen molar-refractivity contribution in [2.75, 3.05) is 32.9 Å². The van der Waals surface area contributed by atoms with Crippen LogP contribution in [0.15, 0.2) is 34.2 Å². The van der Waals surface area contributed by atoms with Crippen LogP contribution in [0, 0.1) is 0 Å². The second kappa shape index (κ2) is 11.2. The zero-order chi connectivity index (χ0) is 19.2.